The van der Waals surface area contributed by atoms with Gasteiger partial charge in [0.2, 0.25) is 5.91 Å². The van der Waals surface area contributed by atoms with Crippen LogP contribution in [-0.2, 0) is 14.3 Å². The Morgan fingerprint density at radius 3 is 0.940 bits per heavy atom. The zero-order chi connectivity index (χ0) is 59.9. The molecule has 0 aliphatic carbocycles. The number of rotatable bonds is 71. The van der Waals surface area contributed by atoms with Gasteiger partial charge in [0.25, 0.3) is 0 Å². The van der Waals surface area contributed by atoms with Crippen LogP contribution in [0.15, 0.2) is 36.5 Å². The molecule has 0 aliphatic heterocycles. The number of ether oxygens (including phenoxy) is 1. The van der Waals surface area contributed by atoms with E-state index in [0.717, 1.165) is 51.4 Å². The number of aliphatic hydroxyl groups excluding tert-OH is 2. The molecule has 0 aromatic rings. The van der Waals surface area contributed by atoms with E-state index in [1.165, 1.54) is 340 Å². The van der Waals surface area contributed by atoms with Crippen LogP contribution >= 0.6 is 0 Å². The van der Waals surface area contributed by atoms with Gasteiger partial charge in [0.15, 0.2) is 0 Å². The maximum absolute atomic E-state index is 12.5. The summed E-state index contributed by atoms with van der Waals surface area (Å²) in [4.78, 5) is 24.7. The summed E-state index contributed by atoms with van der Waals surface area (Å²) in [5, 5.41) is 23.3. The van der Waals surface area contributed by atoms with Gasteiger partial charge in [0, 0.05) is 12.8 Å². The Kier molecular flexibility index (Phi) is 70.9. The van der Waals surface area contributed by atoms with E-state index in [2.05, 4.69) is 43.5 Å². The fourth-order valence-corrected chi connectivity index (χ4v) is 11.9. The number of esters is 1. The first-order chi connectivity index (χ1) is 41.0. The van der Waals surface area contributed by atoms with Gasteiger partial charge in [-0.05, 0) is 64.2 Å². The van der Waals surface area contributed by atoms with E-state index >= 15 is 0 Å². The Hall–Kier alpha value is -1.92. The molecule has 3 N–H and O–H groups in total. The predicted octanol–water partition coefficient (Wildman–Crippen LogP) is 24.7. The average Bonchev–Trinajstić information content (AvgIpc) is 3.48. The quantitative estimate of drug-likeness (QED) is 0.0320. The topological polar surface area (TPSA) is 95.9 Å². The number of carbonyl (C=O) groups is 2. The molecule has 0 aromatic carbocycles. The number of hydrogen-bond acceptors (Lipinski definition) is 5. The van der Waals surface area contributed by atoms with Crippen molar-refractivity contribution >= 4 is 11.9 Å². The molecule has 2 atom stereocenters. The zero-order valence-corrected chi connectivity index (χ0v) is 56.2. The lowest BCUT2D eigenvalue weighted by Crippen LogP contribution is -2.45. The summed E-state index contributed by atoms with van der Waals surface area (Å²) in [5.41, 5.74) is 0. The predicted molar refractivity (Wildman–Crippen MR) is 366 cm³/mol. The van der Waals surface area contributed by atoms with Crippen LogP contribution in [0.25, 0.3) is 0 Å². The van der Waals surface area contributed by atoms with Gasteiger partial charge in [-0.1, -0.05) is 378 Å². The highest BCUT2D eigenvalue weighted by Crippen LogP contribution is 2.19. The first-order valence-electron chi connectivity index (χ1n) is 37.8. The van der Waals surface area contributed by atoms with Crippen LogP contribution in [0.2, 0.25) is 0 Å². The standard InChI is InChI=1S/C77H147NO5/c1-3-5-7-9-11-13-15-17-19-21-23-24-30-34-37-41-45-49-53-57-61-65-69-75(80)74(73-79)78-76(81)70-66-62-58-54-50-46-42-38-35-31-28-26-25-27-29-32-36-40-44-48-52-56-60-64-68-72-83-77(82)71-67-63-59-55-51-47-43-39-33-22-20-18-16-14-12-10-8-6-4-2/h12,14,18,20,65,69,74-75,79-80H,3-11,13,15-17,19,21-64,66-68,70-73H2,1-2H3,(H,78,81)/b14-12-,20-18-,69-65+. The molecule has 0 aliphatic rings. The van der Waals surface area contributed by atoms with Gasteiger partial charge in [0.05, 0.1) is 25.4 Å². The smallest absolute Gasteiger partial charge is 0.305 e. The second kappa shape index (κ2) is 72.6. The third-order valence-corrected chi connectivity index (χ3v) is 17.7. The number of aliphatic hydroxyl groups is 2. The number of allylic oxidation sites excluding steroid dienone is 5. The molecule has 0 saturated heterocycles. The lowest BCUT2D eigenvalue weighted by Gasteiger charge is -2.20. The number of unbranched alkanes of at least 4 members (excludes halogenated alkanes) is 56. The van der Waals surface area contributed by atoms with Gasteiger partial charge in [0.1, 0.15) is 0 Å². The van der Waals surface area contributed by atoms with Crippen molar-refractivity contribution in [3.63, 3.8) is 0 Å². The van der Waals surface area contributed by atoms with Crippen LogP contribution in [0.5, 0.6) is 0 Å². The molecule has 6 heteroatoms. The van der Waals surface area contributed by atoms with Crippen molar-refractivity contribution in [1.82, 2.24) is 5.32 Å². The van der Waals surface area contributed by atoms with E-state index in [0.29, 0.717) is 19.4 Å². The number of carbonyl (C=O) groups excluding carboxylic acids is 2. The molecule has 0 radical (unpaired) electrons. The summed E-state index contributed by atoms with van der Waals surface area (Å²) < 4.78 is 5.51. The molecule has 490 valence electrons. The molecule has 2 unspecified atom stereocenters. The Morgan fingerprint density at radius 1 is 0.337 bits per heavy atom. The summed E-state index contributed by atoms with van der Waals surface area (Å²) >= 11 is 0. The molecule has 0 fully saturated rings. The fraction of sp³-hybridized carbons (Fsp3) is 0.896. The maximum Gasteiger partial charge on any atom is 0.305 e. The summed E-state index contributed by atoms with van der Waals surface area (Å²) in [6.07, 6.45) is 93.8. The zero-order valence-electron chi connectivity index (χ0n) is 56.2. The van der Waals surface area contributed by atoms with E-state index in [9.17, 15) is 19.8 Å². The second-order valence-electron chi connectivity index (χ2n) is 26.0. The molecule has 0 rings (SSSR count). The third-order valence-electron chi connectivity index (χ3n) is 17.7. The first-order valence-corrected chi connectivity index (χ1v) is 37.8. The molecule has 1 amide bonds. The van der Waals surface area contributed by atoms with Crippen LogP contribution < -0.4 is 5.32 Å². The van der Waals surface area contributed by atoms with Crippen molar-refractivity contribution < 1.29 is 24.5 Å². The van der Waals surface area contributed by atoms with E-state index in [1.807, 2.05) is 6.08 Å². The van der Waals surface area contributed by atoms with Crippen LogP contribution in [0, 0.1) is 0 Å². The Labute approximate surface area is 519 Å². The number of nitrogens with one attached hydrogen (secondary N) is 1. The monoisotopic (exact) mass is 1170 g/mol. The van der Waals surface area contributed by atoms with Crippen LogP contribution in [0.3, 0.4) is 0 Å². The SMILES string of the molecule is CCCCC/C=C\C/C=C\CCCCCCCCCCCC(=O)OCCCCCCCCCCCCCCCCCCCCCCCCCCCC(=O)NC(CO)C(O)/C=C/CCCCCCCCCCCCCCCCCCCCCC. The maximum atomic E-state index is 12.5. The number of amides is 1. The van der Waals surface area contributed by atoms with E-state index in [-0.39, 0.29) is 18.5 Å². The lowest BCUT2D eigenvalue weighted by atomic mass is 10.0. The molecule has 0 spiro atoms. The van der Waals surface area contributed by atoms with Gasteiger partial charge >= 0.3 is 5.97 Å². The molecule has 0 saturated carbocycles. The molecule has 0 bridgehead atoms. The molecule has 0 heterocycles. The molecular weight excluding hydrogens is 1020 g/mol. The summed E-state index contributed by atoms with van der Waals surface area (Å²) in [6, 6.07) is -0.628. The summed E-state index contributed by atoms with van der Waals surface area (Å²) in [5.74, 6) is -0.0490. The summed E-state index contributed by atoms with van der Waals surface area (Å²) in [7, 11) is 0. The average molecular weight is 1170 g/mol. The lowest BCUT2D eigenvalue weighted by molar-refractivity contribution is -0.143. The molecular formula is C77H147NO5. The van der Waals surface area contributed by atoms with Gasteiger partial charge in [-0.25, -0.2) is 0 Å². The third kappa shape index (κ3) is 69.1. The molecule has 6 nitrogen and oxygen atoms in total. The Bertz CT molecular complexity index is 1340. The van der Waals surface area contributed by atoms with E-state index in [4.69, 9.17) is 4.74 Å². The highest BCUT2D eigenvalue weighted by atomic mass is 16.5. The van der Waals surface area contributed by atoms with Crippen molar-refractivity contribution in [2.75, 3.05) is 13.2 Å². The normalized spacial score (nSPS) is 12.7. The van der Waals surface area contributed by atoms with Gasteiger partial charge in [-0.2, -0.15) is 0 Å². The van der Waals surface area contributed by atoms with Crippen molar-refractivity contribution in [3.8, 4) is 0 Å². The Balaban J connectivity index is 3.38. The Morgan fingerprint density at radius 2 is 0.602 bits per heavy atom. The van der Waals surface area contributed by atoms with Crippen LogP contribution in [0.4, 0.5) is 0 Å². The largest absolute Gasteiger partial charge is 0.466 e. The van der Waals surface area contributed by atoms with Gasteiger partial charge in [-0.15, -0.1) is 0 Å². The fourth-order valence-electron chi connectivity index (χ4n) is 11.9. The van der Waals surface area contributed by atoms with Crippen molar-refractivity contribution in [1.29, 1.82) is 0 Å². The van der Waals surface area contributed by atoms with Gasteiger partial charge < -0.3 is 20.3 Å². The summed E-state index contributed by atoms with van der Waals surface area (Å²) in [6.45, 7) is 4.92. The van der Waals surface area contributed by atoms with Crippen LogP contribution in [-0.4, -0.2) is 47.4 Å². The minimum atomic E-state index is -0.845. The van der Waals surface area contributed by atoms with Crippen LogP contribution in [0.1, 0.15) is 418 Å². The van der Waals surface area contributed by atoms with E-state index in [1.54, 1.807) is 6.08 Å². The van der Waals surface area contributed by atoms with Crippen molar-refractivity contribution in [2.45, 2.75) is 431 Å². The highest BCUT2D eigenvalue weighted by molar-refractivity contribution is 5.76. The minimum absolute atomic E-state index is 0.0130. The number of hydrogen-bond donors (Lipinski definition) is 3. The van der Waals surface area contributed by atoms with Gasteiger partial charge in [-0.3, -0.25) is 9.59 Å². The minimum Gasteiger partial charge on any atom is -0.466 e. The van der Waals surface area contributed by atoms with Crippen molar-refractivity contribution in [2.24, 2.45) is 0 Å². The molecule has 83 heavy (non-hydrogen) atoms. The highest BCUT2D eigenvalue weighted by Gasteiger charge is 2.18. The van der Waals surface area contributed by atoms with Crippen molar-refractivity contribution in [3.05, 3.63) is 36.5 Å². The molecule has 0 aromatic heterocycles. The van der Waals surface area contributed by atoms with E-state index < -0.39 is 12.1 Å². The first kappa shape index (κ1) is 81.1. The second-order valence-corrected chi connectivity index (χ2v) is 26.0.